The highest BCUT2D eigenvalue weighted by atomic mass is 16.5. The Morgan fingerprint density at radius 1 is 0.943 bits per heavy atom. The molecule has 2 N–H and O–H groups in total. The van der Waals surface area contributed by atoms with E-state index in [4.69, 9.17) is 14.2 Å². The summed E-state index contributed by atoms with van der Waals surface area (Å²) in [7, 11) is 4.69. The van der Waals surface area contributed by atoms with Crippen LogP contribution >= 0.6 is 0 Å². The van der Waals surface area contributed by atoms with Gasteiger partial charge < -0.3 is 29.7 Å². The van der Waals surface area contributed by atoms with Crippen LogP contribution in [0.2, 0.25) is 0 Å². The number of methoxy groups -OCH3 is 3. The van der Waals surface area contributed by atoms with Crippen LogP contribution in [-0.2, 0) is 16.0 Å². The van der Waals surface area contributed by atoms with Crippen molar-refractivity contribution in [1.82, 2.24) is 15.5 Å². The zero-order valence-electron chi connectivity index (χ0n) is 20.6. The normalized spacial score (nSPS) is 14.6. The molecule has 3 rings (SSSR count). The van der Waals surface area contributed by atoms with Crippen LogP contribution in [0, 0.1) is 0 Å². The summed E-state index contributed by atoms with van der Waals surface area (Å²) in [6, 6.07) is 11.6. The van der Waals surface area contributed by atoms with Crippen molar-refractivity contribution in [2.45, 2.75) is 38.3 Å². The van der Waals surface area contributed by atoms with Crippen LogP contribution < -0.4 is 24.8 Å². The van der Waals surface area contributed by atoms with Crippen LogP contribution in [0.3, 0.4) is 0 Å². The van der Waals surface area contributed by atoms with Gasteiger partial charge >= 0.3 is 0 Å². The molecule has 3 amide bonds. The minimum absolute atomic E-state index is 0.0398. The van der Waals surface area contributed by atoms with Gasteiger partial charge in [-0.05, 0) is 54.8 Å². The molecule has 35 heavy (non-hydrogen) atoms. The topological polar surface area (TPSA) is 106 Å². The van der Waals surface area contributed by atoms with Crippen molar-refractivity contribution in [2.24, 2.45) is 0 Å². The molecule has 0 saturated carbocycles. The minimum Gasteiger partial charge on any atom is -0.497 e. The van der Waals surface area contributed by atoms with Gasteiger partial charge in [0.25, 0.3) is 5.91 Å². The average molecular weight is 484 g/mol. The molecule has 0 unspecified atom stereocenters. The van der Waals surface area contributed by atoms with E-state index >= 15 is 0 Å². The predicted molar refractivity (Wildman–Crippen MR) is 131 cm³/mol. The summed E-state index contributed by atoms with van der Waals surface area (Å²) in [6.07, 6.45) is 1.58. The highest BCUT2D eigenvalue weighted by molar-refractivity contribution is 5.94. The molecule has 0 bridgehead atoms. The van der Waals surface area contributed by atoms with E-state index in [9.17, 15) is 14.4 Å². The fourth-order valence-electron chi connectivity index (χ4n) is 4.14. The summed E-state index contributed by atoms with van der Waals surface area (Å²) >= 11 is 0. The van der Waals surface area contributed by atoms with E-state index in [1.54, 1.807) is 62.6 Å². The average Bonchev–Trinajstić information content (AvgIpc) is 2.88. The second kappa shape index (κ2) is 12.1. The molecule has 2 aromatic carbocycles. The smallest absolute Gasteiger partial charge is 0.253 e. The van der Waals surface area contributed by atoms with Crippen LogP contribution in [0.25, 0.3) is 0 Å². The SMILES string of the molecule is COc1ccc(C(=O)N2CCC(NC(=O)[C@@H](Cc3ccc(OC)c(OC)c3)NC(C)=O)CC2)cc1. The first-order valence-corrected chi connectivity index (χ1v) is 11.6. The lowest BCUT2D eigenvalue weighted by Crippen LogP contribution is -2.53. The zero-order valence-corrected chi connectivity index (χ0v) is 20.6. The van der Waals surface area contributed by atoms with Crippen LogP contribution in [0.4, 0.5) is 0 Å². The molecule has 9 nitrogen and oxygen atoms in total. The van der Waals surface area contributed by atoms with Gasteiger partial charge in [0, 0.05) is 38.0 Å². The van der Waals surface area contributed by atoms with E-state index in [1.807, 2.05) is 6.07 Å². The number of nitrogens with zero attached hydrogens (tertiary/aromatic N) is 1. The molecule has 1 aliphatic heterocycles. The number of ether oxygens (including phenoxy) is 3. The molecule has 2 aromatic rings. The third-order valence-corrected chi connectivity index (χ3v) is 6.05. The molecule has 1 saturated heterocycles. The Kier molecular flexibility index (Phi) is 8.94. The Morgan fingerprint density at radius 3 is 2.17 bits per heavy atom. The Hall–Kier alpha value is -3.75. The monoisotopic (exact) mass is 483 g/mol. The van der Waals surface area contributed by atoms with Gasteiger partial charge in [-0.3, -0.25) is 14.4 Å². The number of piperidine rings is 1. The van der Waals surface area contributed by atoms with Gasteiger partial charge in [0.05, 0.1) is 21.3 Å². The Labute approximate surface area is 205 Å². The molecule has 0 spiro atoms. The maximum absolute atomic E-state index is 13.1. The van der Waals surface area contributed by atoms with Gasteiger partial charge in [-0.2, -0.15) is 0 Å². The van der Waals surface area contributed by atoms with Crippen molar-refractivity contribution >= 4 is 17.7 Å². The van der Waals surface area contributed by atoms with Gasteiger partial charge in [0.2, 0.25) is 11.8 Å². The second-order valence-corrected chi connectivity index (χ2v) is 8.45. The van der Waals surface area contributed by atoms with Crippen molar-refractivity contribution in [2.75, 3.05) is 34.4 Å². The molecule has 1 aliphatic rings. The van der Waals surface area contributed by atoms with Crippen molar-refractivity contribution < 1.29 is 28.6 Å². The summed E-state index contributed by atoms with van der Waals surface area (Å²) in [6.45, 7) is 2.46. The van der Waals surface area contributed by atoms with Crippen molar-refractivity contribution in [3.8, 4) is 17.2 Å². The van der Waals surface area contributed by atoms with Gasteiger partial charge in [0.15, 0.2) is 11.5 Å². The number of nitrogens with one attached hydrogen (secondary N) is 2. The maximum atomic E-state index is 13.1. The molecular formula is C26H33N3O6. The first-order chi connectivity index (χ1) is 16.8. The van der Waals surface area contributed by atoms with Crippen molar-refractivity contribution in [1.29, 1.82) is 0 Å². The lowest BCUT2D eigenvalue weighted by molar-refractivity contribution is -0.128. The first-order valence-electron chi connectivity index (χ1n) is 11.6. The number of carbonyl (C=O) groups is 3. The molecule has 0 aromatic heterocycles. The number of amides is 3. The molecule has 1 atom stereocenters. The lowest BCUT2D eigenvalue weighted by atomic mass is 10.0. The molecular weight excluding hydrogens is 450 g/mol. The summed E-state index contributed by atoms with van der Waals surface area (Å²) in [5, 5.41) is 5.79. The highest BCUT2D eigenvalue weighted by Crippen LogP contribution is 2.28. The predicted octanol–water partition coefficient (Wildman–Crippen LogP) is 2.18. The fraction of sp³-hybridized carbons (Fsp3) is 0.423. The van der Waals surface area contributed by atoms with Gasteiger partial charge in [0.1, 0.15) is 11.8 Å². The van der Waals surface area contributed by atoms with Gasteiger partial charge in [-0.1, -0.05) is 6.07 Å². The third kappa shape index (κ3) is 6.88. The number of rotatable bonds is 9. The molecule has 0 radical (unpaired) electrons. The van der Waals surface area contributed by atoms with Crippen LogP contribution in [-0.4, -0.2) is 69.1 Å². The summed E-state index contributed by atoms with van der Waals surface area (Å²) in [5.41, 5.74) is 1.44. The second-order valence-electron chi connectivity index (χ2n) is 8.45. The van der Waals surface area contributed by atoms with Gasteiger partial charge in [-0.25, -0.2) is 0 Å². The van der Waals surface area contributed by atoms with E-state index in [0.717, 1.165) is 5.56 Å². The summed E-state index contributed by atoms with van der Waals surface area (Å²) < 4.78 is 15.8. The lowest BCUT2D eigenvalue weighted by Gasteiger charge is -2.33. The standard InChI is InChI=1S/C26H33N3O6/c1-17(30)27-22(15-18-5-10-23(34-3)24(16-18)35-4)25(31)28-20-11-13-29(14-12-20)26(32)19-6-8-21(33-2)9-7-19/h5-10,16,20,22H,11-15H2,1-4H3,(H,27,30)(H,28,31)/t22-/m1/s1. The molecule has 1 heterocycles. The Morgan fingerprint density at radius 2 is 1.60 bits per heavy atom. The van der Waals surface area contributed by atoms with E-state index in [1.165, 1.54) is 6.92 Å². The van der Waals surface area contributed by atoms with Crippen LogP contribution in [0.1, 0.15) is 35.7 Å². The molecule has 9 heteroatoms. The van der Waals surface area contributed by atoms with E-state index in [-0.39, 0.29) is 23.8 Å². The zero-order chi connectivity index (χ0) is 25.4. The summed E-state index contributed by atoms with van der Waals surface area (Å²) in [5.74, 6) is 1.26. The van der Waals surface area contributed by atoms with Crippen LogP contribution in [0.15, 0.2) is 42.5 Å². The summed E-state index contributed by atoms with van der Waals surface area (Å²) in [4.78, 5) is 39.4. The molecule has 188 valence electrons. The fourth-order valence-corrected chi connectivity index (χ4v) is 4.14. The van der Waals surface area contributed by atoms with E-state index in [2.05, 4.69) is 10.6 Å². The minimum atomic E-state index is -0.732. The molecule has 1 fully saturated rings. The number of hydrogen-bond acceptors (Lipinski definition) is 6. The third-order valence-electron chi connectivity index (χ3n) is 6.05. The molecule has 0 aliphatic carbocycles. The number of hydrogen-bond donors (Lipinski definition) is 2. The maximum Gasteiger partial charge on any atom is 0.253 e. The van der Waals surface area contributed by atoms with E-state index in [0.29, 0.717) is 55.2 Å². The highest BCUT2D eigenvalue weighted by Gasteiger charge is 2.28. The van der Waals surface area contributed by atoms with E-state index < -0.39 is 6.04 Å². The van der Waals surface area contributed by atoms with Gasteiger partial charge in [-0.15, -0.1) is 0 Å². The Bertz CT molecular complexity index is 1030. The van der Waals surface area contributed by atoms with Crippen molar-refractivity contribution in [3.05, 3.63) is 53.6 Å². The van der Waals surface area contributed by atoms with Crippen molar-refractivity contribution in [3.63, 3.8) is 0 Å². The quantitative estimate of drug-likeness (QED) is 0.566. The first kappa shape index (κ1) is 25.9. The number of benzene rings is 2. The number of carbonyl (C=O) groups excluding carboxylic acids is 3. The largest absolute Gasteiger partial charge is 0.497 e. The van der Waals surface area contributed by atoms with Crippen LogP contribution in [0.5, 0.6) is 17.2 Å². The number of likely N-dealkylation sites (tertiary alicyclic amines) is 1. The Balaban J connectivity index is 1.58.